The van der Waals surface area contributed by atoms with Crippen LogP contribution in [0.3, 0.4) is 0 Å². The maximum Gasteiger partial charge on any atom is 0.171 e. The van der Waals surface area contributed by atoms with E-state index in [9.17, 15) is 4.79 Å². The topological polar surface area (TPSA) is 33.2 Å². The SMILES string of the molecule is CC(=O)c1cnc(CCN(C)C)s1. The maximum atomic E-state index is 11.0. The van der Waals surface area contributed by atoms with Gasteiger partial charge in [0.2, 0.25) is 0 Å². The Kier molecular flexibility index (Phi) is 3.57. The highest BCUT2D eigenvalue weighted by atomic mass is 32.1. The molecule has 0 atom stereocenters. The van der Waals surface area contributed by atoms with Crippen molar-refractivity contribution in [1.29, 1.82) is 0 Å². The minimum absolute atomic E-state index is 0.105. The Hall–Kier alpha value is -0.740. The fourth-order valence-corrected chi connectivity index (χ4v) is 1.71. The fourth-order valence-electron chi connectivity index (χ4n) is 0.908. The molecule has 0 aromatic carbocycles. The van der Waals surface area contributed by atoms with E-state index in [0.29, 0.717) is 0 Å². The lowest BCUT2D eigenvalue weighted by Crippen LogP contribution is -2.14. The van der Waals surface area contributed by atoms with Gasteiger partial charge in [0.05, 0.1) is 9.88 Å². The monoisotopic (exact) mass is 198 g/mol. The van der Waals surface area contributed by atoms with Crippen LogP contribution >= 0.6 is 11.3 Å². The molecule has 1 aromatic rings. The largest absolute Gasteiger partial charge is 0.309 e. The third kappa shape index (κ3) is 3.24. The van der Waals surface area contributed by atoms with Crippen LogP contribution in [0.2, 0.25) is 0 Å². The molecule has 0 amide bonds. The average molecular weight is 198 g/mol. The highest BCUT2D eigenvalue weighted by Crippen LogP contribution is 2.13. The standard InChI is InChI=1S/C9H14N2OS/c1-7(12)8-6-10-9(13-8)4-5-11(2)3/h6H,4-5H2,1-3H3. The van der Waals surface area contributed by atoms with E-state index in [0.717, 1.165) is 22.9 Å². The van der Waals surface area contributed by atoms with Crippen molar-refractivity contribution in [1.82, 2.24) is 9.88 Å². The molecule has 0 aliphatic rings. The maximum absolute atomic E-state index is 11.0. The van der Waals surface area contributed by atoms with Gasteiger partial charge in [0, 0.05) is 26.1 Å². The smallest absolute Gasteiger partial charge is 0.171 e. The van der Waals surface area contributed by atoms with Crippen molar-refractivity contribution < 1.29 is 4.79 Å². The summed E-state index contributed by atoms with van der Waals surface area (Å²) in [5.41, 5.74) is 0. The Balaban J connectivity index is 2.54. The molecule has 0 spiro atoms. The summed E-state index contributed by atoms with van der Waals surface area (Å²) in [6.45, 7) is 2.55. The second-order valence-electron chi connectivity index (χ2n) is 3.23. The van der Waals surface area contributed by atoms with Gasteiger partial charge >= 0.3 is 0 Å². The quantitative estimate of drug-likeness (QED) is 0.687. The van der Waals surface area contributed by atoms with Crippen LogP contribution < -0.4 is 0 Å². The molecule has 0 saturated carbocycles. The first-order valence-electron chi connectivity index (χ1n) is 4.20. The number of hydrogen-bond donors (Lipinski definition) is 0. The Labute approximate surface area is 82.4 Å². The minimum Gasteiger partial charge on any atom is -0.309 e. The van der Waals surface area contributed by atoms with Gasteiger partial charge in [0.25, 0.3) is 0 Å². The summed E-state index contributed by atoms with van der Waals surface area (Å²) in [6.07, 6.45) is 2.59. The van der Waals surface area contributed by atoms with Crippen molar-refractivity contribution in [2.24, 2.45) is 0 Å². The van der Waals surface area contributed by atoms with Crippen molar-refractivity contribution in [2.75, 3.05) is 20.6 Å². The van der Waals surface area contributed by atoms with E-state index in [1.54, 1.807) is 13.1 Å². The molecular formula is C9H14N2OS. The number of carbonyl (C=O) groups excluding carboxylic acids is 1. The van der Waals surface area contributed by atoms with Crippen molar-refractivity contribution in [3.05, 3.63) is 16.1 Å². The van der Waals surface area contributed by atoms with Gasteiger partial charge in [-0.15, -0.1) is 11.3 Å². The molecule has 4 heteroatoms. The van der Waals surface area contributed by atoms with Crippen LogP contribution in [-0.4, -0.2) is 36.3 Å². The highest BCUT2D eigenvalue weighted by molar-refractivity contribution is 7.13. The van der Waals surface area contributed by atoms with Crippen LogP contribution in [0.5, 0.6) is 0 Å². The summed E-state index contributed by atoms with van der Waals surface area (Å²) in [5, 5.41) is 1.04. The van der Waals surface area contributed by atoms with Gasteiger partial charge in [0.1, 0.15) is 0 Å². The number of thiazole rings is 1. The number of carbonyl (C=O) groups is 1. The van der Waals surface area contributed by atoms with E-state index in [1.165, 1.54) is 11.3 Å². The third-order valence-corrected chi connectivity index (χ3v) is 2.83. The summed E-state index contributed by atoms with van der Waals surface area (Å²) < 4.78 is 0. The number of Topliss-reactive ketones (excluding diaryl/α,β-unsaturated/α-hetero) is 1. The van der Waals surface area contributed by atoms with Crippen molar-refractivity contribution in [3.63, 3.8) is 0 Å². The first kappa shape index (κ1) is 10.3. The zero-order valence-corrected chi connectivity index (χ0v) is 9.02. The van der Waals surface area contributed by atoms with E-state index in [-0.39, 0.29) is 5.78 Å². The number of ketones is 1. The summed E-state index contributed by atoms with van der Waals surface area (Å²) in [4.78, 5) is 18.0. The molecule has 72 valence electrons. The number of hydrogen-bond acceptors (Lipinski definition) is 4. The highest BCUT2D eigenvalue weighted by Gasteiger charge is 2.05. The normalized spacial score (nSPS) is 10.8. The van der Waals surface area contributed by atoms with E-state index in [4.69, 9.17) is 0 Å². The van der Waals surface area contributed by atoms with Crippen LogP contribution in [0.25, 0.3) is 0 Å². The van der Waals surface area contributed by atoms with E-state index < -0.39 is 0 Å². The van der Waals surface area contributed by atoms with E-state index in [1.807, 2.05) is 14.1 Å². The van der Waals surface area contributed by atoms with Gasteiger partial charge in [0.15, 0.2) is 5.78 Å². The molecular weight excluding hydrogens is 184 g/mol. The number of nitrogens with zero attached hydrogens (tertiary/aromatic N) is 2. The van der Waals surface area contributed by atoms with Crippen LogP contribution in [0, 0.1) is 0 Å². The first-order valence-corrected chi connectivity index (χ1v) is 5.01. The molecule has 0 aliphatic heterocycles. The molecule has 3 nitrogen and oxygen atoms in total. The molecule has 1 heterocycles. The molecule has 0 unspecified atom stereocenters. The minimum atomic E-state index is 0.105. The molecule has 0 N–H and O–H groups in total. The van der Waals surface area contributed by atoms with Gasteiger partial charge in [-0.1, -0.05) is 0 Å². The van der Waals surface area contributed by atoms with Gasteiger partial charge in [-0.3, -0.25) is 4.79 Å². The molecule has 0 saturated heterocycles. The van der Waals surface area contributed by atoms with E-state index >= 15 is 0 Å². The van der Waals surface area contributed by atoms with Crippen LogP contribution in [0.4, 0.5) is 0 Å². The summed E-state index contributed by atoms with van der Waals surface area (Å²) in [7, 11) is 4.05. The fraction of sp³-hybridized carbons (Fsp3) is 0.556. The van der Waals surface area contributed by atoms with Crippen molar-refractivity contribution >= 4 is 17.1 Å². The predicted octanol–water partition coefficient (Wildman–Crippen LogP) is 1.45. The van der Waals surface area contributed by atoms with Crippen molar-refractivity contribution in [2.45, 2.75) is 13.3 Å². The Morgan fingerprint density at radius 1 is 1.62 bits per heavy atom. The molecule has 0 bridgehead atoms. The Morgan fingerprint density at radius 3 is 2.77 bits per heavy atom. The van der Waals surface area contributed by atoms with E-state index in [2.05, 4.69) is 9.88 Å². The Bertz CT molecular complexity index is 294. The zero-order valence-electron chi connectivity index (χ0n) is 8.20. The predicted molar refractivity (Wildman–Crippen MR) is 54.4 cm³/mol. The molecule has 0 fully saturated rings. The van der Waals surface area contributed by atoms with Crippen LogP contribution in [-0.2, 0) is 6.42 Å². The Morgan fingerprint density at radius 2 is 2.31 bits per heavy atom. The summed E-state index contributed by atoms with van der Waals surface area (Å²) in [5.74, 6) is 0.105. The number of likely N-dealkylation sites (N-methyl/N-ethyl adjacent to an activating group) is 1. The molecule has 0 aliphatic carbocycles. The molecule has 1 rings (SSSR count). The molecule has 1 aromatic heterocycles. The average Bonchev–Trinajstić information content (AvgIpc) is 2.48. The summed E-state index contributed by atoms with van der Waals surface area (Å²) in [6, 6.07) is 0. The molecule has 0 radical (unpaired) electrons. The number of aromatic nitrogens is 1. The van der Waals surface area contributed by atoms with Gasteiger partial charge in [-0.25, -0.2) is 4.98 Å². The lowest BCUT2D eigenvalue weighted by atomic mass is 10.4. The van der Waals surface area contributed by atoms with Gasteiger partial charge in [-0.05, 0) is 14.1 Å². The van der Waals surface area contributed by atoms with Gasteiger partial charge in [-0.2, -0.15) is 0 Å². The van der Waals surface area contributed by atoms with Gasteiger partial charge < -0.3 is 4.90 Å². The number of rotatable bonds is 4. The second-order valence-corrected chi connectivity index (χ2v) is 4.34. The van der Waals surface area contributed by atoms with Crippen molar-refractivity contribution in [3.8, 4) is 0 Å². The van der Waals surface area contributed by atoms with Crippen LogP contribution in [0.15, 0.2) is 6.20 Å². The van der Waals surface area contributed by atoms with Crippen LogP contribution in [0.1, 0.15) is 21.6 Å². The third-order valence-electron chi connectivity index (χ3n) is 1.67. The molecule has 13 heavy (non-hydrogen) atoms. The first-order chi connectivity index (χ1) is 6.09. The zero-order chi connectivity index (χ0) is 9.84. The lowest BCUT2D eigenvalue weighted by Gasteiger charge is -2.06. The lowest BCUT2D eigenvalue weighted by molar-refractivity contribution is 0.102. The second kappa shape index (κ2) is 4.48. The summed E-state index contributed by atoms with van der Waals surface area (Å²) >= 11 is 1.50.